The van der Waals surface area contributed by atoms with E-state index in [4.69, 9.17) is 29.0 Å². The molecule has 0 radical (unpaired) electrons. The van der Waals surface area contributed by atoms with Gasteiger partial charge >= 0.3 is 19.4 Å². The molecule has 1 saturated carbocycles. The number of aromatic nitrogens is 2. The number of ether oxygens (including phenoxy) is 3. The van der Waals surface area contributed by atoms with Gasteiger partial charge in [0.15, 0.2) is 24.2 Å². The zero-order valence-electron chi connectivity index (χ0n) is 20.7. The summed E-state index contributed by atoms with van der Waals surface area (Å²) in [5.74, 6) is -1.74. The second-order valence-corrected chi connectivity index (χ2v) is 10.5. The van der Waals surface area contributed by atoms with Crippen LogP contribution in [0.1, 0.15) is 45.3 Å². The number of para-hydroxylation sites is 1. The average molecular weight is 577 g/mol. The molecule has 1 aromatic heterocycles. The molecule has 2 fully saturated rings. The Morgan fingerprint density at radius 1 is 1.29 bits per heavy atom. The van der Waals surface area contributed by atoms with Crippen LogP contribution in [0.25, 0.3) is 0 Å². The SMILES string of the molecule is C[C@H](N[P@](=O)(OC[C@H]1OC[C@@H](n2cc(F)c(N)nc2=O)O1)Oc1ccccc1)C(=O)OC1CCCCC1.Cl. The fourth-order valence-corrected chi connectivity index (χ4v) is 5.43. The van der Waals surface area contributed by atoms with Gasteiger partial charge in [-0.1, -0.05) is 24.6 Å². The lowest BCUT2D eigenvalue weighted by atomic mass is 9.98. The molecule has 1 aromatic carbocycles. The van der Waals surface area contributed by atoms with E-state index in [1.807, 2.05) is 0 Å². The Kier molecular flexibility index (Phi) is 10.7. The molecule has 2 aliphatic rings. The summed E-state index contributed by atoms with van der Waals surface area (Å²) in [6.45, 7) is 0.987. The highest BCUT2D eigenvalue weighted by Gasteiger charge is 2.36. The van der Waals surface area contributed by atoms with E-state index >= 15 is 0 Å². The van der Waals surface area contributed by atoms with Crippen LogP contribution < -0.4 is 21.0 Å². The maximum Gasteiger partial charge on any atom is 0.459 e. The Bertz CT molecular complexity index is 1180. The van der Waals surface area contributed by atoms with Crippen LogP contribution in [0.15, 0.2) is 41.3 Å². The number of nitrogens with one attached hydrogen (secondary N) is 1. The van der Waals surface area contributed by atoms with Gasteiger partial charge in [-0.15, -0.1) is 12.4 Å². The summed E-state index contributed by atoms with van der Waals surface area (Å²) in [4.78, 5) is 28.1. The normalized spacial score (nSPS) is 22.2. The minimum Gasteiger partial charge on any atom is -0.461 e. The number of nitrogens with zero attached hydrogens (tertiary/aromatic N) is 2. The molecule has 12 nitrogen and oxygen atoms in total. The van der Waals surface area contributed by atoms with E-state index in [-0.39, 0.29) is 30.9 Å². The molecule has 38 heavy (non-hydrogen) atoms. The highest BCUT2D eigenvalue weighted by Crippen LogP contribution is 2.45. The Morgan fingerprint density at radius 3 is 2.71 bits per heavy atom. The van der Waals surface area contributed by atoms with Crippen LogP contribution in [0.4, 0.5) is 10.2 Å². The van der Waals surface area contributed by atoms with Crippen LogP contribution in [0, 0.1) is 5.82 Å². The van der Waals surface area contributed by atoms with Gasteiger partial charge in [0.2, 0.25) is 0 Å². The van der Waals surface area contributed by atoms with Gasteiger partial charge in [0, 0.05) is 0 Å². The lowest BCUT2D eigenvalue weighted by molar-refractivity contribution is -0.152. The van der Waals surface area contributed by atoms with Gasteiger partial charge in [-0.05, 0) is 44.7 Å². The first-order chi connectivity index (χ1) is 17.7. The Morgan fingerprint density at radius 2 is 2.00 bits per heavy atom. The predicted molar refractivity (Wildman–Crippen MR) is 136 cm³/mol. The number of halogens is 2. The van der Waals surface area contributed by atoms with E-state index in [1.54, 1.807) is 30.3 Å². The Balaban J connectivity index is 0.00000400. The van der Waals surface area contributed by atoms with Crippen molar-refractivity contribution in [1.82, 2.24) is 14.6 Å². The molecule has 0 bridgehead atoms. The summed E-state index contributed by atoms with van der Waals surface area (Å²) < 4.78 is 56.1. The van der Waals surface area contributed by atoms with E-state index < -0.39 is 56.2 Å². The fourth-order valence-electron chi connectivity index (χ4n) is 3.95. The third-order valence-electron chi connectivity index (χ3n) is 5.87. The van der Waals surface area contributed by atoms with Gasteiger partial charge in [0.25, 0.3) is 0 Å². The Hall–Kier alpha value is -2.54. The third-order valence-corrected chi connectivity index (χ3v) is 7.51. The summed E-state index contributed by atoms with van der Waals surface area (Å²) >= 11 is 0. The smallest absolute Gasteiger partial charge is 0.459 e. The second kappa shape index (κ2) is 13.5. The topological polar surface area (TPSA) is 153 Å². The van der Waals surface area contributed by atoms with Gasteiger partial charge in [-0.3, -0.25) is 13.9 Å². The number of anilines is 1. The number of rotatable bonds is 10. The predicted octanol–water partition coefficient (Wildman–Crippen LogP) is 3.32. The van der Waals surface area contributed by atoms with Crippen molar-refractivity contribution in [2.45, 2.75) is 63.7 Å². The van der Waals surface area contributed by atoms with Crippen LogP contribution in [0.3, 0.4) is 0 Å². The molecule has 210 valence electrons. The number of hydrogen-bond acceptors (Lipinski definition) is 10. The van der Waals surface area contributed by atoms with Gasteiger partial charge < -0.3 is 24.5 Å². The second-order valence-electron chi connectivity index (χ2n) is 8.76. The fraction of sp³-hybridized carbons (Fsp3) is 0.522. The van der Waals surface area contributed by atoms with Gasteiger partial charge in [-0.2, -0.15) is 10.1 Å². The summed E-state index contributed by atoms with van der Waals surface area (Å²) in [6.07, 6.45) is 3.30. The van der Waals surface area contributed by atoms with E-state index in [0.717, 1.165) is 42.9 Å². The van der Waals surface area contributed by atoms with Crippen molar-refractivity contribution in [3.8, 4) is 5.75 Å². The number of nitrogens with two attached hydrogens (primary N) is 1. The van der Waals surface area contributed by atoms with Crippen LogP contribution in [-0.4, -0.2) is 47.2 Å². The summed E-state index contributed by atoms with van der Waals surface area (Å²) in [5.41, 5.74) is 4.49. The number of carbonyl (C=O) groups excluding carboxylic acids is 1. The van der Waals surface area contributed by atoms with Crippen molar-refractivity contribution < 1.29 is 37.0 Å². The first kappa shape index (κ1) is 30.0. The highest BCUT2D eigenvalue weighted by atomic mass is 35.5. The minimum absolute atomic E-state index is 0. The number of carbonyl (C=O) groups is 1. The summed E-state index contributed by atoms with van der Waals surface area (Å²) in [5, 5.41) is 2.62. The molecule has 3 N–H and O–H groups in total. The lowest BCUT2D eigenvalue weighted by Gasteiger charge is -2.26. The molecule has 0 unspecified atom stereocenters. The van der Waals surface area contributed by atoms with E-state index in [1.165, 1.54) is 6.92 Å². The molecule has 0 spiro atoms. The molecule has 1 aliphatic carbocycles. The molecule has 4 atom stereocenters. The highest BCUT2D eigenvalue weighted by molar-refractivity contribution is 7.52. The van der Waals surface area contributed by atoms with Crippen molar-refractivity contribution in [3.05, 3.63) is 52.8 Å². The van der Waals surface area contributed by atoms with Gasteiger partial charge in [0.05, 0.1) is 12.8 Å². The Labute approximate surface area is 224 Å². The summed E-state index contributed by atoms with van der Waals surface area (Å²) in [7, 11) is -4.14. The minimum atomic E-state index is -4.14. The average Bonchev–Trinajstić information content (AvgIpc) is 3.35. The van der Waals surface area contributed by atoms with E-state index in [0.29, 0.717) is 0 Å². The van der Waals surface area contributed by atoms with Crippen molar-refractivity contribution in [2.24, 2.45) is 0 Å². The third kappa shape index (κ3) is 7.98. The van der Waals surface area contributed by atoms with Crippen LogP contribution in [-0.2, 0) is 28.1 Å². The van der Waals surface area contributed by atoms with E-state index in [9.17, 15) is 18.5 Å². The molecule has 1 saturated heterocycles. The molecule has 15 heteroatoms. The largest absolute Gasteiger partial charge is 0.461 e. The molecule has 0 amide bonds. The zero-order chi connectivity index (χ0) is 26.4. The summed E-state index contributed by atoms with van der Waals surface area (Å²) in [6, 6.07) is 7.29. The number of nitrogen functional groups attached to an aromatic ring is 1. The van der Waals surface area contributed by atoms with Crippen molar-refractivity contribution >= 4 is 31.9 Å². The van der Waals surface area contributed by atoms with Crippen molar-refractivity contribution in [3.63, 3.8) is 0 Å². The molecule has 2 heterocycles. The number of esters is 1. The molecule has 4 rings (SSSR count). The van der Waals surface area contributed by atoms with Crippen LogP contribution in [0.2, 0.25) is 0 Å². The molecular weight excluding hydrogens is 546 g/mol. The van der Waals surface area contributed by atoms with Crippen molar-refractivity contribution in [2.75, 3.05) is 18.9 Å². The molecular formula is C23H31ClFN4O8P. The number of benzene rings is 1. The first-order valence-corrected chi connectivity index (χ1v) is 13.6. The zero-order valence-corrected chi connectivity index (χ0v) is 22.4. The first-order valence-electron chi connectivity index (χ1n) is 12.0. The van der Waals surface area contributed by atoms with Crippen molar-refractivity contribution in [1.29, 1.82) is 0 Å². The van der Waals surface area contributed by atoms with Gasteiger partial charge in [-0.25, -0.2) is 13.8 Å². The van der Waals surface area contributed by atoms with E-state index in [2.05, 4.69) is 10.1 Å². The quantitative estimate of drug-likeness (QED) is 0.316. The van der Waals surface area contributed by atoms with Gasteiger partial charge in [0.1, 0.15) is 24.5 Å². The maximum absolute atomic E-state index is 13.8. The number of hydrogen-bond donors (Lipinski definition) is 2. The van der Waals surface area contributed by atoms with Crippen LogP contribution >= 0.6 is 20.2 Å². The molecule has 1 aliphatic heterocycles. The lowest BCUT2D eigenvalue weighted by Crippen LogP contribution is -2.38. The van der Waals surface area contributed by atoms with Crippen LogP contribution in [0.5, 0.6) is 5.75 Å². The standard InChI is InChI=1S/C23H30FN4O8P.ClH/c1-15(22(29)34-16-8-4-2-5-9-16)27-37(31,36-17-10-6-3-7-11-17)33-14-20-32-13-19(35-20)28-12-18(24)21(25)26-23(28)30;/h3,6-7,10-12,15-16,19-20H,2,4-5,8-9,13-14H2,1H3,(H,27,31)(H2,25,26,30);1H/t15-,19-,20-,37-;/m0./s1. The molecule has 2 aromatic rings. The monoisotopic (exact) mass is 576 g/mol. The maximum atomic E-state index is 13.8.